The van der Waals surface area contributed by atoms with Crippen LogP contribution in [0.25, 0.3) is 0 Å². The van der Waals surface area contributed by atoms with E-state index >= 15 is 0 Å². The summed E-state index contributed by atoms with van der Waals surface area (Å²) in [4.78, 5) is 17.4. The number of thiophene rings is 1. The van der Waals surface area contributed by atoms with E-state index in [2.05, 4.69) is 30.8 Å². The second-order valence-corrected chi connectivity index (χ2v) is 6.05. The van der Waals surface area contributed by atoms with Crippen LogP contribution >= 0.6 is 11.3 Å². The van der Waals surface area contributed by atoms with Crippen molar-refractivity contribution in [2.45, 2.75) is 13.0 Å². The molecule has 1 aliphatic rings. The normalized spacial score (nSPS) is 25.6. The van der Waals surface area contributed by atoms with Crippen LogP contribution in [0.4, 0.5) is 0 Å². The Balaban J connectivity index is 1.91. The average Bonchev–Trinajstić information content (AvgIpc) is 2.86. The fourth-order valence-corrected chi connectivity index (χ4v) is 3.22. The molecule has 0 bridgehead atoms. The van der Waals surface area contributed by atoms with Gasteiger partial charge in [0.1, 0.15) is 0 Å². The molecule has 1 fully saturated rings. The van der Waals surface area contributed by atoms with Crippen molar-refractivity contribution in [2.75, 3.05) is 33.7 Å². The maximum atomic E-state index is 12.0. The Kier molecular flexibility index (Phi) is 3.97. The van der Waals surface area contributed by atoms with Crippen molar-refractivity contribution >= 4 is 17.1 Å². The molecule has 94 valence electrons. The Morgan fingerprint density at radius 1 is 1.53 bits per heavy atom. The summed E-state index contributed by atoms with van der Waals surface area (Å²) in [6.45, 7) is 4.86. The van der Waals surface area contributed by atoms with Gasteiger partial charge in [0.2, 0.25) is 0 Å². The van der Waals surface area contributed by atoms with Crippen LogP contribution in [-0.2, 0) is 0 Å². The largest absolute Gasteiger partial charge is 0.305 e. The van der Waals surface area contributed by atoms with Crippen LogP contribution in [0.2, 0.25) is 0 Å². The summed E-state index contributed by atoms with van der Waals surface area (Å²) in [5.74, 6) is 0.896. The highest BCUT2D eigenvalue weighted by molar-refractivity contribution is 7.12. The van der Waals surface area contributed by atoms with Crippen molar-refractivity contribution in [1.82, 2.24) is 9.80 Å². The summed E-state index contributed by atoms with van der Waals surface area (Å²) < 4.78 is 0. The Hall–Kier alpha value is -0.710. The quantitative estimate of drug-likeness (QED) is 0.764. The van der Waals surface area contributed by atoms with Gasteiger partial charge < -0.3 is 4.90 Å². The smallest absolute Gasteiger partial charge is 0.186 e. The maximum absolute atomic E-state index is 12.0. The van der Waals surface area contributed by atoms with E-state index < -0.39 is 0 Å². The fraction of sp³-hybridized carbons (Fsp3) is 0.615. The molecular formula is C13H20N2OS. The molecule has 0 radical (unpaired) electrons. The first-order chi connectivity index (χ1) is 8.08. The number of nitrogens with zero attached hydrogens (tertiary/aromatic N) is 2. The van der Waals surface area contributed by atoms with Crippen molar-refractivity contribution in [2.24, 2.45) is 5.92 Å². The van der Waals surface area contributed by atoms with Gasteiger partial charge in [-0.25, -0.2) is 0 Å². The molecule has 3 nitrogen and oxygen atoms in total. The molecule has 2 heterocycles. The third-order valence-corrected chi connectivity index (χ3v) is 4.39. The molecule has 1 saturated heterocycles. The highest BCUT2D eigenvalue weighted by Gasteiger charge is 2.31. The van der Waals surface area contributed by atoms with Gasteiger partial charge in [-0.3, -0.25) is 9.69 Å². The van der Waals surface area contributed by atoms with Crippen LogP contribution in [0, 0.1) is 5.92 Å². The topological polar surface area (TPSA) is 23.6 Å². The van der Waals surface area contributed by atoms with Crippen LogP contribution in [-0.4, -0.2) is 55.4 Å². The Morgan fingerprint density at radius 2 is 2.29 bits per heavy atom. The zero-order valence-corrected chi connectivity index (χ0v) is 11.5. The first-order valence-electron chi connectivity index (χ1n) is 6.03. The highest BCUT2D eigenvalue weighted by atomic mass is 32.1. The lowest BCUT2D eigenvalue weighted by molar-refractivity contribution is 0.0945. The molecule has 1 aliphatic heterocycles. The van der Waals surface area contributed by atoms with E-state index in [0.29, 0.717) is 18.5 Å². The van der Waals surface area contributed by atoms with Crippen molar-refractivity contribution in [1.29, 1.82) is 0 Å². The number of hydrogen-bond donors (Lipinski definition) is 0. The molecule has 4 heteroatoms. The molecule has 0 aromatic carbocycles. The van der Waals surface area contributed by atoms with E-state index in [0.717, 1.165) is 18.0 Å². The lowest BCUT2D eigenvalue weighted by atomic mass is 10.1. The first kappa shape index (κ1) is 12.7. The lowest BCUT2D eigenvalue weighted by Gasteiger charge is -2.22. The molecule has 2 unspecified atom stereocenters. The number of carbonyl (C=O) groups is 1. The first-order valence-corrected chi connectivity index (χ1v) is 6.91. The lowest BCUT2D eigenvalue weighted by Crippen LogP contribution is -2.35. The maximum Gasteiger partial charge on any atom is 0.186 e. The highest BCUT2D eigenvalue weighted by Crippen LogP contribution is 2.20. The molecular weight excluding hydrogens is 232 g/mol. The standard InChI is InChI=1S/C13H20N2OS/c1-10-7-15(8-11(10)14(2)3)9-12(16)13-5-4-6-17-13/h4-6,10-11H,7-9H2,1-3H3. The van der Waals surface area contributed by atoms with Crippen molar-refractivity contribution in [3.8, 4) is 0 Å². The molecule has 2 atom stereocenters. The van der Waals surface area contributed by atoms with Crippen LogP contribution in [0.5, 0.6) is 0 Å². The summed E-state index contributed by atoms with van der Waals surface area (Å²) in [6.07, 6.45) is 0. The minimum absolute atomic E-state index is 0.256. The van der Waals surface area contributed by atoms with Crippen LogP contribution in [0.3, 0.4) is 0 Å². The Labute approximate surface area is 107 Å². The molecule has 0 saturated carbocycles. The monoisotopic (exact) mass is 252 g/mol. The predicted molar refractivity (Wildman–Crippen MR) is 71.7 cm³/mol. The van der Waals surface area contributed by atoms with Gasteiger partial charge in [-0.15, -0.1) is 11.3 Å². The Bertz CT molecular complexity index is 375. The minimum Gasteiger partial charge on any atom is -0.305 e. The summed E-state index contributed by atoms with van der Waals surface area (Å²) >= 11 is 1.54. The molecule has 17 heavy (non-hydrogen) atoms. The predicted octanol–water partition coefficient (Wildman–Crippen LogP) is 1.81. The molecule has 2 rings (SSSR count). The molecule has 0 spiro atoms. The summed E-state index contributed by atoms with van der Waals surface area (Å²) in [5, 5.41) is 1.96. The van der Waals surface area contributed by atoms with Crippen LogP contribution in [0.15, 0.2) is 17.5 Å². The van der Waals surface area contributed by atoms with Gasteiger partial charge in [0.05, 0.1) is 11.4 Å². The van der Waals surface area contributed by atoms with Crippen molar-refractivity contribution in [3.05, 3.63) is 22.4 Å². The summed E-state index contributed by atoms with van der Waals surface area (Å²) in [5.41, 5.74) is 0. The minimum atomic E-state index is 0.256. The van der Waals surface area contributed by atoms with Gasteiger partial charge in [0.15, 0.2) is 5.78 Å². The number of hydrogen-bond acceptors (Lipinski definition) is 4. The third kappa shape index (κ3) is 2.94. The fourth-order valence-electron chi connectivity index (χ4n) is 2.57. The van der Waals surface area contributed by atoms with E-state index in [-0.39, 0.29) is 5.78 Å². The van der Waals surface area contributed by atoms with Gasteiger partial charge >= 0.3 is 0 Å². The Morgan fingerprint density at radius 3 is 2.82 bits per heavy atom. The van der Waals surface area contributed by atoms with Gasteiger partial charge in [-0.2, -0.15) is 0 Å². The average molecular weight is 252 g/mol. The van der Waals surface area contributed by atoms with Crippen LogP contribution < -0.4 is 0 Å². The number of ketones is 1. The van der Waals surface area contributed by atoms with E-state index in [1.807, 2.05) is 17.5 Å². The number of rotatable bonds is 4. The second-order valence-electron chi connectivity index (χ2n) is 5.10. The summed E-state index contributed by atoms with van der Waals surface area (Å²) in [6, 6.07) is 4.43. The third-order valence-electron chi connectivity index (χ3n) is 3.47. The number of likely N-dealkylation sites (tertiary alicyclic amines) is 1. The van der Waals surface area contributed by atoms with Crippen molar-refractivity contribution in [3.63, 3.8) is 0 Å². The van der Waals surface area contributed by atoms with Gasteiger partial charge in [-0.05, 0) is 31.5 Å². The molecule has 0 N–H and O–H groups in total. The number of Topliss-reactive ketones (excluding diaryl/α,β-unsaturated/α-hetero) is 1. The SMILES string of the molecule is CC1CN(CC(=O)c2cccs2)CC1N(C)C. The summed E-state index contributed by atoms with van der Waals surface area (Å²) in [7, 11) is 4.23. The zero-order chi connectivity index (χ0) is 12.4. The van der Waals surface area contributed by atoms with E-state index in [1.165, 1.54) is 11.3 Å². The molecule has 0 amide bonds. The van der Waals surface area contributed by atoms with Gasteiger partial charge in [0.25, 0.3) is 0 Å². The molecule has 0 aliphatic carbocycles. The molecule has 1 aromatic heterocycles. The zero-order valence-electron chi connectivity index (χ0n) is 10.7. The number of likely N-dealkylation sites (N-methyl/N-ethyl adjacent to an activating group) is 1. The van der Waals surface area contributed by atoms with E-state index in [9.17, 15) is 4.79 Å². The van der Waals surface area contributed by atoms with Crippen LogP contribution in [0.1, 0.15) is 16.6 Å². The van der Waals surface area contributed by atoms with Gasteiger partial charge in [0, 0.05) is 19.1 Å². The molecule has 1 aromatic rings. The second kappa shape index (κ2) is 5.29. The van der Waals surface area contributed by atoms with Crippen molar-refractivity contribution < 1.29 is 4.79 Å². The van der Waals surface area contributed by atoms with Gasteiger partial charge in [-0.1, -0.05) is 13.0 Å². The number of carbonyl (C=O) groups excluding carboxylic acids is 1. The van der Waals surface area contributed by atoms with E-state index in [4.69, 9.17) is 0 Å². The van der Waals surface area contributed by atoms with E-state index in [1.54, 1.807) is 0 Å².